The van der Waals surface area contributed by atoms with Crippen LogP contribution in [-0.2, 0) is 5.60 Å². The minimum absolute atomic E-state index is 0.822. The summed E-state index contributed by atoms with van der Waals surface area (Å²) in [6, 6.07) is 38.2. The monoisotopic (exact) mass is 422 g/mol. The van der Waals surface area contributed by atoms with Crippen molar-refractivity contribution in [3.8, 4) is 28.0 Å². The first-order valence-electron chi connectivity index (χ1n) is 11.3. The van der Waals surface area contributed by atoms with Gasteiger partial charge in [-0.1, -0.05) is 97.1 Å². The van der Waals surface area contributed by atoms with Gasteiger partial charge in [0.05, 0.1) is 0 Å². The van der Waals surface area contributed by atoms with Crippen LogP contribution in [0.4, 0.5) is 0 Å². The molecule has 0 amide bonds. The highest BCUT2D eigenvalue weighted by Crippen LogP contribution is 2.61. The molecule has 2 heteroatoms. The summed E-state index contributed by atoms with van der Waals surface area (Å²) in [5.41, 5.74) is 6.96. The molecular formula is C31H18O2. The Kier molecular flexibility index (Phi) is 3.11. The average Bonchev–Trinajstić information content (AvgIpc) is 3.40. The maximum atomic E-state index is 7.10. The Balaban J connectivity index is 1.60. The molecule has 0 bridgehead atoms. The largest absolute Gasteiger partial charge is 0.469 e. The second-order valence-corrected chi connectivity index (χ2v) is 8.84. The van der Waals surface area contributed by atoms with Crippen LogP contribution in [0.5, 0.6) is 5.75 Å². The van der Waals surface area contributed by atoms with E-state index >= 15 is 0 Å². The van der Waals surface area contributed by atoms with Crippen LogP contribution in [0, 0.1) is 0 Å². The number of hydrogen-bond acceptors (Lipinski definition) is 2. The number of para-hydroxylation sites is 1. The Hall–Kier alpha value is -4.30. The van der Waals surface area contributed by atoms with Crippen LogP contribution < -0.4 is 4.74 Å². The molecule has 5 aromatic carbocycles. The summed E-state index contributed by atoms with van der Waals surface area (Å²) in [5, 5.41) is 3.49. The Bertz CT molecular complexity index is 1710. The Morgan fingerprint density at radius 1 is 0.515 bits per heavy atom. The minimum Gasteiger partial charge on any atom is -0.469 e. The first kappa shape index (κ1) is 17.3. The molecule has 2 aliphatic rings. The van der Waals surface area contributed by atoms with Gasteiger partial charge in [-0.3, -0.25) is 0 Å². The number of benzene rings is 5. The van der Waals surface area contributed by atoms with Crippen LogP contribution in [0.25, 0.3) is 44.0 Å². The maximum Gasteiger partial charge on any atom is 0.218 e. The zero-order valence-corrected chi connectivity index (χ0v) is 17.7. The van der Waals surface area contributed by atoms with Gasteiger partial charge in [0.15, 0.2) is 5.76 Å². The van der Waals surface area contributed by atoms with Crippen LogP contribution in [0.1, 0.15) is 16.9 Å². The number of furan rings is 1. The first-order chi connectivity index (χ1) is 16.4. The number of fused-ring (bicyclic) bond motifs is 13. The number of hydrogen-bond donors (Lipinski definition) is 0. The molecule has 0 saturated heterocycles. The van der Waals surface area contributed by atoms with Crippen molar-refractivity contribution in [3.05, 3.63) is 126 Å². The van der Waals surface area contributed by atoms with Gasteiger partial charge in [0.2, 0.25) is 5.60 Å². The molecule has 1 spiro atoms. The van der Waals surface area contributed by atoms with E-state index in [1.807, 2.05) is 6.07 Å². The summed E-state index contributed by atoms with van der Waals surface area (Å²) in [6.07, 6.45) is 0. The highest BCUT2D eigenvalue weighted by molar-refractivity contribution is 6.09. The summed E-state index contributed by atoms with van der Waals surface area (Å²) in [5.74, 6) is 1.75. The molecule has 0 fully saturated rings. The van der Waals surface area contributed by atoms with E-state index in [-0.39, 0.29) is 0 Å². The van der Waals surface area contributed by atoms with Crippen molar-refractivity contribution in [2.45, 2.75) is 5.60 Å². The first-order valence-corrected chi connectivity index (χ1v) is 11.3. The van der Waals surface area contributed by atoms with E-state index in [1.165, 1.54) is 21.9 Å². The summed E-state index contributed by atoms with van der Waals surface area (Å²) < 4.78 is 13.8. The zero-order valence-electron chi connectivity index (χ0n) is 17.7. The van der Waals surface area contributed by atoms with Gasteiger partial charge in [-0.05, 0) is 34.0 Å². The fourth-order valence-corrected chi connectivity index (χ4v) is 5.90. The van der Waals surface area contributed by atoms with Crippen LogP contribution in [0.3, 0.4) is 0 Å². The van der Waals surface area contributed by atoms with Gasteiger partial charge >= 0.3 is 0 Å². The molecule has 6 aromatic rings. The van der Waals surface area contributed by atoms with E-state index in [0.717, 1.165) is 44.7 Å². The van der Waals surface area contributed by atoms with E-state index in [0.29, 0.717) is 0 Å². The van der Waals surface area contributed by atoms with Gasteiger partial charge in [0.25, 0.3) is 0 Å². The quantitative estimate of drug-likeness (QED) is 0.248. The average molecular weight is 422 g/mol. The van der Waals surface area contributed by atoms with E-state index in [1.54, 1.807) is 0 Å². The van der Waals surface area contributed by atoms with E-state index in [9.17, 15) is 0 Å². The highest BCUT2D eigenvalue weighted by atomic mass is 16.5. The van der Waals surface area contributed by atoms with Crippen molar-refractivity contribution in [3.63, 3.8) is 0 Å². The molecule has 0 N–H and O–H groups in total. The molecule has 0 radical (unpaired) electrons. The maximum absolute atomic E-state index is 7.10. The lowest BCUT2D eigenvalue weighted by atomic mass is 9.81. The third-order valence-corrected chi connectivity index (χ3v) is 7.22. The fourth-order valence-electron chi connectivity index (χ4n) is 5.90. The van der Waals surface area contributed by atoms with Crippen molar-refractivity contribution < 1.29 is 9.15 Å². The van der Waals surface area contributed by atoms with Gasteiger partial charge < -0.3 is 9.15 Å². The second-order valence-electron chi connectivity index (χ2n) is 8.84. The molecule has 154 valence electrons. The van der Waals surface area contributed by atoms with Gasteiger partial charge in [-0.2, -0.15) is 0 Å². The molecule has 2 nitrogen and oxygen atoms in total. The zero-order chi connectivity index (χ0) is 21.6. The molecule has 0 saturated carbocycles. The Labute approximate surface area is 190 Å². The van der Waals surface area contributed by atoms with Crippen LogP contribution >= 0.6 is 0 Å². The third kappa shape index (κ3) is 2.00. The Morgan fingerprint density at radius 2 is 1.15 bits per heavy atom. The second kappa shape index (κ2) is 5.93. The lowest BCUT2D eigenvalue weighted by Crippen LogP contribution is -2.36. The van der Waals surface area contributed by atoms with Gasteiger partial charge in [-0.15, -0.1) is 0 Å². The minimum atomic E-state index is -0.822. The van der Waals surface area contributed by atoms with E-state index in [2.05, 4.69) is 103 Å². The molecule has 1 aliphatic heterocycles. The van der Waals surface area contributed by atoms with Crippen molar-refractivity contribution in [1.82, 2.24) is 0 Å². The molecule has 8 rings (SSSR count). The van der Waals surface area contributed by atoms with Gasteiger partial charge in [0, 0.05) is 27.6 Å². The van der Waals surface area contributed by atoms with E-state index in [4.69, 9.17) is 9.15 Å². The predicted molar refractivity (Wildman–Crippen MR) is 132 cm³/mol. The van der Waals surface area contributed by atoms with Crippen molar-refractivity contribution in [2.24, 2.45) is 0 Å². The smallest absolute Gasteiger partial charge is 0.218 e. The van der Waals surface area contributed by atoms with Crippen molar-refractivity contribution in [1.29, 1.82) is 0 Å². The SMILES string of the molecule is c1ccc2c(c1)-c1ccccc1C21Oc2ccc3ccccc3c2-c2c1oc1ccccc21. The molecule has 1 aliphatic carbocycles. The topological polar surface area (TPSA) is 22.4 Å². The molecule has 0 unspecified atom stereocenters. The summed E-state index contributed by atoms with van der Waals surface area (Å²) in [6.45, 7) is 0. The molecule has 1 aromatic heterocycles. The summed E-state index contributed by atoms with van der Waals surface area (Å²) >= 11 is 0. The summed E-state index contributed by atoms with van der Waals surface area (Å²) in [7, 11) is 0. The fraction of sp³-hybridized carbons (Fsp3) is 0.0323. The Morgan fingerprint density at radius 3 is 1.94 bits per heavy atom. The predicted octanol–water partition coefficient (Wildman–Crippen LogP) is 7.92. The number of ether oxygens (including phenoxy) is 1. The normalized spacial score (nSPS) is 14.5. The molecule has 2 heterocycles. The van der Waals surface area contributed by atoms with Crippen molar-refractivity contribution in [2.75, 3.05) is 0 Å². The van der Waals surface area contributed by atoms with Crippen LogP contribution in [-0.4, -0.2) is 0 Å². The lowest BCUT2D eigenvalue weighted by molar-refractivity contribution is 0.131. The van der Waals surface area contributed by atoms with Gasteiger partial charge in [0.1, 0.15) is 11.3 Å². The standard InChI is InChI=1S/C31H18O2/c1-2-10-20-19(9-1)17-18-27-28(20)29-23-13-5-8-16-26(23)32-30(29)31(33-27)24-14-6-3-11-21(24)22-12-4-7-15-25(22)31/h1-18H. The molecule has 33 heavy (non-hydrogen) atoms. The molecule has 0 atom stereocenters. The number of rotatable bonds is 0. The van der Waals surface area contributed by atoms with Crippen LogP contribution in [0.2, 0.25) is 0 Å². The van der Waals surface area contributed by atoms with E-state index < -0.39 is 5.60 Å². The highest BCUT2D eigenvalue weighted by Gasteiger charge is 2.54. The molecular weight excluding hydrogens is 404 g/mol. The van der Waals surface area contributed by atoms with Crippen LogP contribution in [0.15, 0.2) is 114 Å². The van der Waals surface area contributed by atoms with Gasteiger partial charge in [-0.25, -0.2) is 0 Å². The lowest BCUT2D eigenvalue weighted by Gasteiger charge is -2.36. The van der Waals surface area contributed by atoms with Crippen molar-refractivity contribution >= 4 is 21.7 Å². The summed E-state index contributed by atoms with van der Waals surface area (Å²) in [4.78, 5) is 0. The third-order valence-electron chi connectivity index (χ3n) is 7.22.